The summed E-state index contributed by atoms with van der Waals surface area (Å²) in [4.78, 5) is 6.82. The highest BCUT2D eigenvalue weighted by Gasteiger charge is 2.56. The van der Waals surface area contributed by atoms with E-state index < -0.39 is 0 Å². The highest BCUT2D eigenvalue weighted by Crippen LogP contribution is 2.53. The van der Waals surface area contributed by atoms with Gasteiger partial charge < -0.3 is 15.0 Å². The number of ether oxygens (including phenoxy) is 1. The lowest BCUT2D eigenvalue weighted by Crippen LogP contribution is -2.66. The van der Waals surface area contributed by atoms with Gasteiger partial charge in [0, 0.05) is 31.7 Å². The normalized spacial score (nSPS) is 33.2. The molecule has 2 unspecified atom stereocenters. The fraction of sp³-hybridized carbons (Fsp3) is 0.933. The smallest absolute Gasteiger partial charge is 0.194 e. The number of aliphatic imine (C=N–C) groups is 1. The molecule has 108 valence electrons. The van der Waals surface area contributed by atoms with E-state index in [1.807, 2.05) is 0 Å². The third kappa shape index (κ3) is 2.24. The molecule has 2 saturated carbocycles. The van der Waals surface area contributed by atoms with Gasteiger partial charge in [-0.1, -0.05) is 19.3 Å². The van der Waals surface area contributed by atoms with Crippen LogP contribution in [0.3, 0.4) is 0 Å². The molecule has 1 spiro atoms. The summed E-state index contributed by atoms with van der Waals surface area (Å²) >= 11 is 0. The number of nitrogens with one attached hydrogen (secondary N) is 1. The highest BCUT2D eigenvalue weighted by atomic mass is 16.5. The molecule has 1 heterocycles. The van der Waals surface area contributed by atoms with Crippen LogP contribution in [-0.4, -0.2) is 49.7 Å². The van der Waals surface area contributed by atoms with Gasteiger partial charge in [-0.15, -0.1) is 0 Å². The molecule has 2 aliphatic carbocycles. The number of hydrogen-bond acceptors (Lipinski definition) is 4. The fourth-order valence-electron chi connectivity index (χ4n) is 4.11. The minimum absolute atomic E-state index is 0.389. The van der Waals surface area contributed by atoms with Gasteiger partial charge in [0.1, 0.15) is 0 Å². The van der Waals surface area contributed by atoms with Gasteiger partial charge in [0.15, 0.2) is 5.96 Å². The molecule has 2 fully saturated rings. The second-order valence-corrected chi connectivity index (χ2v) is 6.30. The zero-order valence-corrected chi connectivity index (χ0v) is 12.3. The Morgan fingerprint density at radius 1 is 1.37 bits per heavy atom. The first kappa shape index (κ1) is 13.2. The minimum Gasteiger partial charge on any atom is -0.378 e. The van der Waals surface area contributed by atoms with E-state index in [4.69, 9.17) is 4.74 Å². The van der Waals surface area contributed by atoms with Crippen molar-refractivity contribution in [1.29, 1.82) is 0 Å². The van der Waals surface area contributed by atoms with Crippen LogP contribution < -0.4 is 5.32 Å². The van der Waals surface area contributed by atoms with Crippen molar-refractivity contribution in [2.75, 3.05) is 26.7 Å². The molecule has 1 N–H and O–H groups in total. The topological polar surface area (TPSA) is 36.9 Å². The van der Waals surface area contributed by atoms with Crippen molar-refractivity contribution in [3.8, 4) is 0 Å². The predicted molar refractivity (Wildman–Crippen MR) is 77.4 cm³/mol. The maximum Gasteiger partial charge on any atom is 0.194 e. The third-order valence-corrected chi connectivity index (χ3v) is 5.30. The van der Waals surface area contributed by atoms with E-state index in [9.17, 15) is 0 Å². The summed E-state index contributed by atoms with van der Waals surface area (Å²) in [6.45, 7) is 4.95. The van der Waals surface area contributed by atoms with Gasteiger partial charge in [-0.05, 0) is 26.2 Å². The number of likely N-dealkylation sites (N-methyl/N-ethyl adjacent to an activating group) is 1. The average molecular weight is 265 g/mol. The molecule has 0 bridgehead atoms. The maximum absolute atomic E-state index is 6.00. The monoisotopic (exact) mass is 265 g/mol. The second-order valence-electron chi connectivity index (χ2n) is 6.30. The SMILES string of the molecule is CCOC1CC(NC2=NCCN2C)C12CCCCC2. The molecule has 3 aliphatic rings. The molecule has 0 aromatic carbocycles. The summed E-state index contributed by atoms with van der Waals surface area (Å²) in [5.41, 5.74) is 0.389. The Kier molecular flexibility index (Phi) is 3.70. The van der Waals surface area contributed by atoms with E-state index in [-0.39, 0.29) is 0 Å². The van der Waals surface area contributed by atoms with Gasteiger partial charge in [0.05, 0.1) is 12.6 Å². The average Bonchev–Trinajstić information content (AvgIpc) is 2.84. The van der Waals surface area contributed by atoms with Gasteiger partial charge in [-0.2, -0.15) is 0 Å². The Morgan fingerprint density at radius 2 is 2.16 bits per heavy atom. The Balaban J connectivity index is 1.68. The molecule has 4 heteroatoms. The molecule has 4 nitrogen and oxygen atoms in total. The zero-order valence-electron chi connectivity index (χ0n) is 12.3. The van der Waals surface area contributed by atoms with Gasteiger partial charge in [-0.25, -0.2) is 0 Å². The van der Waals surface area contributed by atoms with Gasteiger partial charge in [0.2, 0.25) is 0 Å². The van der Waals surface area contributed by atoms with Crippen molar-refractivity contribution < 1.29 is 4.74 Å². The van der Waals surface area contributed by atoms with E-state index in [1.165, 1.54) is 32.1 Å². The van der Waals surface area contributed by atoms with Crippen molar-refractivity contribution in [3.05, 3.63) is 0 Å². The van der Waals surface area contributed by atoms with Crippen LogP contribution in [0.2, 0.25) is 0 Å². The summed E-state index contributed by atoms with van der Waals surface area (Å²) in [5.74, 6) is 1.10. The summed E-state index contributed by atoms with van der Waals surface area (Å²) < 4.78 is 6.00. The summed E-state index contributed by atoms with van der Waals surface area (Å²) in [6.07, 6.45) is 8.41. The van der Waals surface area contributed by atoms with Gasteiger partial charge >= 0.3 is 0 Å². The Bertz CT molecular complexity index is 349. The molecule has 0 amide bonds. The second kappa shape index (κ2) is 5.31. The molecule has 1 aliphatic heterocycles. The van der Waals surface area contributed by atoms with E-state index in [0.717, 1.165) is 32.1 Å². The van der Waals surface area contributed by atoms with E-state index in [1.54, 1.807) is 0 Å². The van der Waals surface area contributed by atoms with Crippen molar-refractivity contribution in [2.45, 2.75) is 57.6 Å². The predicted octanol–water partition coefficient (Wildman–Crippen LogP) is 2.01. The lowest BCUT2D eigenvalue weighted by atomic mass is 9.55. The van der Waals surface area contributed by atoms with Crippen LogP contribution in [0.1, 0.15) is 45.4 Å². The van der Waals surface area contributed by atoms with Crippen molar-refractivity contribution in [2.24, 2.45) is 10.4 Å². The van der Waals surface area contributed by atoms with Crippen molar-refractivity contribution in [1.82, 2.24) is 10.2 Å². The number of guanidine groups is 1. The molecular weight excluding hydrogens is 238 g/mol. The molecular formula is C15H27N3O. The van der Waals surface area contributed by atoms with Crippen molar-refractivity contribution >= 4 is 5.96 Å². The van der Waals surface area contributed by atoms with Crippen LogP contribution in [-0.2, 0) is 4.74 Å². The molecule has 3 rings (SSSR count). The Hall–Kier alpha value is -0.770. The molecule has 0 aromatic heterocycles. The van der Waals surface area contributed by atoms with Crippen molar-refractivity contribution in [3.63, 3.8) is 0 Å². The number of hydrogen-bond donors (Lipinski definition) is 1. The van der Waals surface area contributed by atoms with Crippen LogP contribution in [0.4, 0.5) is 0 Å². The van der Waals surface area contributed by atoms with Crippen LogP contribution in [0.5, 0.6) is 0 Å². The zero-order chi connectivity index (χ0) is 13.3. The van der Waals surface area contributed by atoms with E-state index >= 15 is 0 Å². The van der Waals surface area contributed by atoms with Crippen LogP contribution in [0.15, 0.2) is 4.99 Å². The maximum atomic E-state index is 6.00. The van der Waals surface area contributed by atoms with Crippen LogP contribution in [0.25, 0.3) is 0 Å². The largest absolute Gasteiger partial charge is 0.378 e. The van der Waals surface area contributed by atoms with E-state index in [0.29, 0.717) is 17.6 Å². The lowest BCUT2D eigenvalue weighted by molar-refractivity contribution is -0.145. The first-order valence-corrected chi connectivity index (χ1v) is 7.90. The first-order valence-electron chi connectivity index (χ1n) is 7.90. The van der Waals surface area contributed by atoms with Gasteiger partial charge in [-0.3, -0.25) is 4.99 Å². The van der Waals surface area contributed by atoms with Crippen LogP contribution >= 0.6 is 0 Å². The summed E-state index contributed by atoms with van der Waals surface area (Å²) in [7, 11) is 2.13. The third-order valence-electron chi connectivity index (χ3n) is 5.30. The number of rotatable bonds is 3. The van der Waals surface area contributed by atoms with E-state index in [2.05, 4.69) is 29.2 Å². The minimum atomic E-state index is 0.389. The molecule has 0 saturated heterocycles. The van der Waals surface area contributed by atoms with Gasteiger partial charge in [0.25, 0.3) is 0 Å². The quantitative estimate of drug-likeness (QED) is 0.848. The summed E-state index contributed by atoms with van der Waals surface area (Å²) in [6, 6.07) is 0.573. The molecule has 19 heavy (non-hydrogen) atoms. The molecule has 2 atom stereocenters. The number of nitrogens with zero attached hydrogens (tertiary/aromatic N) is 2. The highest BCUT2D eigenvalue weighted by molar-refractivity contribution is 5.81. The standard InChI is InChI=1S/C15H27N3O/c1-3-19-13-11-12(15(13)7-5-4-6-8-15)17-14-16-9-10-18(14)2/h12-13H,3-11H2,1-2H3,(H,16,17). The molecule has 0 aromatic rings. The molecule has 0 radical (unpaired) electrons. The summed E-state index contributed by atoms with van der Waals surface area (Å²) in [5, 5.41) is 3.71. The first-order chi connectivity index (χ1) is 9.26. The Morgan fingerprint density at radius 3 is 2.79 bits per heavy atom. The lowest BCUT2D eigenvalue weighted by Gasteiger charge is -2.58. The van der Waals surface area contributed by atoms with Crippen LogP contribution in [0, 0.1) is 5.41 Å². The Labute approximate surface area is 116 Å². The fourth-order valence-corrected chi connectivity index (χ4v) is 4.11.